The number of allylic oxidation sites excluding steroid dienone is 1. The topological polar surface area (TPSA) is 85.1 Å². The van der Waals surface area contributed by atoms with Gasteiger partial charge in [0.1, 0.15) is 0 Å². The number of imidazole rings is 1. The third-order valence-corrected chi connectivity index (χ3v) is 4.28. The van der Waals surface area contributed by atoms with E-state index in [1.807, 2.05) is 18.2 Å². The molecule has 2 N–H and O–H groups in total. The van der Waals surface area contributed by atoms with E-state index in [1.54, 1.807) is 30.2 Å². The van der Waals surface area contributed by atoms with Gasteiger partial charge in [-0.1, -0.05) is 6.07 Å². The molecule has 2 aromatic rings. The summed E-state index contributed by atoms with van der Waals surface area (Å²) in [7, 11) is 3.41. The maximum atomic E-state index is 12.0. The van der Waals surface area contributed by atoms with Gasteiger partial charge in [-0.05, 0) is 31.5 Å². The molecule has 7 heteroatoms. The fourth-order valence-corrected chi connectivity index (χ4v) is 3.11. The first-order valence-corrected chi connectivity index (χ1v) is 7.26. The number of carbonyl (C=O) groups is 2. The summed E-state index contributed by atoms with van der Waals surface area (Å²) in [6, 6.07) is 4.62. The van der Waals surface area contributed by atoms with Crippen LogP contribution in [0.5, 0.6) is 0 Å². The fraction of sp³-hybridized carbons (Fsp3) is 0.312. The van der Waals surface area contributed by atoms with Crippen molar-refractivity contribution in [2.75, 3.05) is 0 Å². The average molecular weight is 314 g/mol. The van der Waals surface area contributed by atoms with Crippen molar-refractivity contribution in [2.24, 2.45) is 14.1 Å². The number of rotatable bonds is 2. The van der Waals surface area contributed by atoms with Gasteiger partial charge in [0.15, 0.2) is 5.78 Å². The fourth-order valence-electron chi connectivity index (χ4n) is 3.11. The highest BCUT2D eigenvalue weighted by atomic mass is 16.2. The first-order chi connectivity index (χ1) is 10.8. The Kier molecular flexibility index (Phi) is 3.35. The number of hydrogen-bond donors (Lipinski definition) is 2. The van der Waals surface area contributed by atoms with E-state index in [0.717, 1.165) is 16.6 Å². The largest absolute Gasteiger partial charge is 0.328 e. The normalized spacial score (nSPS) is 18.1. The van der Waals surface area contributed by atoms with E-state index >= 15 is 0 Å². The average Bonchev–Trinajstić information content (AvgIpc) is 2.70. The molecule has 1 atom stereocenters. The predicted octanol–water partition coefficient (Wildman–Crippen LogP) is 1.09. The lowest BCUT2D eigenvalue weighted by Crippen LogP contribution is -2.44. The molecule has 1 aliphatic rings. The van der Waals surface area contributed by atoms with Crippen molar-refractivity contribution in [3.8, 4) is 0 Å². The van der Waals surface area contributed by atoms with Crippen LogP contribution in [0.4, 0.5) is 4.79 Å². The molecule has 0 saturated carbocycles. The third-order valence-electron chi connectivity index (χ3n) is 4.28. The number of aromatic nitrogens is 2. The number of carbonyl (C=O) groups excluding carboxylic acids is 2. The summed E-state index contributed by atoms with van der Waals surface area (Å²) >= 11 is 0. The quantitative estimate of drug-likeness (QED) is 0.870. The minimum absolute atomic E-state index is 0.109. The van der Waals surface area contributed by atoms with Gasteiger partial charge in [-0.15, -0.1) is 0 Å². The Labute approximate surface area is 132 Å². The van der Waals surface area contributed by atoms with Gasteiger partial charge in [0.2, 0.25) is 0 Å². The van der Waals surface area contributed by atoms with Crippen LogP contribution >= 0.6 is 0 Å². The predicted molar refractivity (Wildman–Crippen MR) is 85.9 cm³/mol. The highest BCUT2D eigenvalue weighted by Gasteiger charge is 2.29. The summed E-state index contributed by atoms with van der Waals surface area (Å²) in [5, 5.41) is 5.40. The molecule has 0 bridgehead atoms. The Morgan fingerprint density at radius 2 is 1.78 bits per heavy atom. The van der Waals surface area contributed by atoms with Crippen LogP contribution in [0.2, 0.25) is 0 Å². The lowest BCUT2D eigenvalue weighted by molar-refractivity contribution is -0.114. The number of benzene rings is 1. The van der Waals surface area contributed by atoms with Gasteiger partial charge in [0.05, 0.1) is 17.1 Å². The number of aryl methyl sites for hydroxylation is 2. The van der Waals surface area contributed by atoms with Crippen LogP contribution in [0.3, 0.4) is 0 Å². The third kappa shape index (κ3) is 2.25. The molecule has 0 aliphatic carbocycles. The number of ketones is 1. The minimum Gasteiger partial charge on any atom is -0.327 e. The van der Waals surface area contributed by atoms with E-state index in [2.05, 4.69) is 10.6 Å². The molecule has 1 unspecified atom stereocenters. The smallest absolute Gasteiger partial charge is 0.327 e. The van der Waals surface area contributed by atoms with Gasteiger partial charge >= 0.3 is 11.7 Å². The number of nitrogens with one attached hydrogen (secondary N) is 2. The van der Waals surface area contributed by atoms with E-state index in [0.29, 0.717) is 11.3 Å². The Morgan fingerprint density at radius 3 is 2.43 bits per heavy atom. The van der Waals surface area contributed by atoms with Gasteiger partial charge in [-0.3, -0.25) is 13.9 Å². The molecule has 2 heterocycles. The highest BCUT2D eigenvalue weighted by Crippen LogP contribution is 2.29. The summed E-state index contributed by atoms with van der Waals surface area (Å²) in [6.45, 7) is 3.18. The molecule has 1 aromatic heterocycles. The molecule has 3 rings (SSSR count). The lowest BCUT2D eigenvalue weighted by Gasteiger charge is -2.28. The first-order valence-electron chi connectivity index (χ1n) is 7.26. The molecule has 1 aliphatic heterocycles. The Balaban J connectivity index is 2.21. The van der Waals surface area contributed by atoms with Crippen molar-refractivity contribution >= 4 is 22.8 Å². The molecule has 7 nitrogen and oxygen atoms in total. The van der Waals surface area contributed by atoms with Gasteiger partial charge in [-0.2, -0.15) is 0 Å². The van der Waals surface area contributed by atoms with E-state index < -0.39 is 6.04 Å². The van der Waals surface area contributed by atoms with Gasteiger partial charge < -0.3 is 10.6 Å². The maximum Gasteiger partial charge on any atom is 0.328 e. The van der Waals surface area contributed by atoms with Gasteiger partial charge in [-0.25, -0.2) is 9.59 Å². The zero-order chi connectivity index (χ0) is 16.9. The molecule has 2 amide bonds. The van der Waals surface area contributed by atoms with Crippen molar-refractivity contribution in [3.63, 3.8) is 0 Å². The number of amides is 2. The first kappa shape index (κ1) is 15.1. The second-order valence-corrected chi connectivity index (χ2v) is 5.78. The van der Waals surface area contributed by atoms with E-state index in [9.17, 15) is 14.4 Å². The van der Waals surface area contributed by atoms with Crippen LogP contribution in [-0.2, 0) is 18.9 Å². The molecular formula is C16H18N4O3. The molecule has 23 heavy (non-hydrogen) atoms. The molecule has 0 radical (unpaired) electrons. The lowest BCUT2D eigenvalue weighted by atomic mass is 9.93. The van der Waals surface area contributed by atoms with Gasteiger partial charge in [0.25, 0.3) is 0 Å². The van der Waals surface area contributed by atoms with Crippen molar-refractivity contribution in [3.05, 3.63) is 45.5 Å². The summed E-state index contributed by atoms with van der Waals surface area (Å²) in [4.78, 5) is 35.8. The van der Waals surface area contributed by atoms with Crippen LogP contribution < -0.4 is 16.3 Å². The Bertz CT molecular complexity index is 933. The monoisotopic (exact) mass is 314 g/mol. The number of urea groups is 1. The summed E-state index contributed by atoms with van der Waals surface area (Å²) in [5.41, 5.74) is 3.26. The van der Waals surface area contributed by atoms with Gasteiger partial charge in [0, 0.05) is 25.4 Å². The number of hydrogen-bond acceptors (Lipinski definition) is 3. The van der Waals surface area contributed by atoms with Crippen LogP contribution in [-0.4, -0.2) is 20.9 Å². The Hall–Kier alpha value is -2.83. The number of Topliss-reactive ketones (excluding diaryl/α,β-unsaturated/α-hetero) is 1. The van der Waals surface area contributed by atoms with Crippen LogP contribution in [0.25, 0.3) is 11.0 Å². The molecule has 0 spiro atoms. The SMILES string of the molecule is CC(=O)C1=C(C)NC(=O)NC1c1ccc2c(c1)n(C)c(=O)n2C. The van der Waals surface area contributed by atoms with Crippen molar-refractivity contribution in [1.29, 1.82) is 0 Å². The molecule has 0 fully saturated rings. The van der Waals surface area contributed by atoms with Crippen molar-refractivity contribution in [2.45, 2.75) is 19.9 Å². The second kappa shape index (κ2) is 5.12. The second-order valence-electron chi connectivity index (χ2n) is 5.78. The zero-order valence-electron chi connectivity index (χ0n) is 13.4. The van der Waals surface area contributed by atoms with E-state index in [4.69, 9.17) is 0 Å². The number of nitrogens with zero attached hydrogens (tertiary/aromatic N) is 2. The van der Waals surface area contributed by atoms with Crippen LogP contribution in [0, 0.1) is 0 Å². The Morgan fingerprint density at radius 1 is 1.13 bits per heavy atom. The number of fused-ring (bicyclic) bond motifs is 1. The van der Waals surface area contributed by atoms with Crippen molar-refractivity contribution < 1.29 is 9.59 Å². The van der Waals surface area contributed by atoms with E-state index in [1.165, 1.54) is 6.92 Å². The summed E-state index contributed by atoms with van der Waals surface area (Å²) in [5.74, 6) is -0.109. The molecular weight excluding hydrogens is 296 g/mol. The van der Waals surface area contributed by atoms with E-state index in [-0.39, 0.29) is 17.5 Å². The van der Waals surface area contributed by atoms with Crippen molar-refractivity contribution in [1.82, 2.24) is 19.8 Å². The molecule has 0 saturated heterocycles. The highest BCUT2D eigenvalue weighted by molar-refractivity contribution is 5.98. The molecule has 1 aromatic carbocycles. The van der Waals surface area contributed by atoms with Crippen LogP contribution in [0.1, 0.15) is 25.5 Å². The van der Waals surface area contributed by atoms with Crippen LogP contribution in [0.15, 0.2) is 34.3 Å². The standard InChI is InChI=1S/C16H18N4O3/c1-8-13(9(2)21)14(18-15(22)17-8)10-5-6-11-12(7-10)20(4)16(23)19(11)3/h5-7,14H,1-4H3,(H2,17,18,22). The minimum atomic E-state index is -0.527. The maximum absolute atomic E-state index is 12.0. The molecule has 120 valence electrons. The summed E-state index contributed by atoms with van der Waals surface area (Å²) < 4.78 is 3.11. The summed E-state index contributed by atoms with van der Waals surface area (Å²) in [6.07, 6.45) is 0. The zero-order valence-corrected chi connectivity index (χ0v) is 13.4.